The first-order chi connectivity index (χ1) is 24.0. The summed E-state index contributed by atoms with van der Waals surface area (Å²) in [6.07, 6.45) is 8.90. The summed E-state index contributed by atoms with van der Waals surface area (Å²) in [5.74, 6) is 0. The molecule has 3 aliphatic heterocycles. The summed E-state index contributed by atoms with van der Waals surface area (Å²) in [5, 5.41) is 9.90. The van der Waals surface area contributed by atoms with Crippen LogP contribution in [0.15, 0.2) is 91.0 Å². The van der Waals surface area contributed by atoms with Crippen LogP contribution in [-0.2, 0) is 12.8 Å². The number of aliphatic hydroxyl groups excluding tert-OH is 1. The monoisotopic (exact) mass is 677 g/mol. The van der Waals surface area contributed by atoms with E-state index < -0.39 is 0 Å². The molecular formula is C42H52ClN5O. The Balaban J connectivity index is 0.000000174. The molecule has 4 aromatic carbocycles. The molecule has 4 aromatic rings. The summed E-state index contributed by atoms with van der Waals surface area (Å²) in [5.41, 5.74) is 10.6. The van der Waals surface area contributed by atoms with Gasteiger partial charge in [-0.3, -0.25) is 4.90 Å². The molecule has 0 atom stereocenters. The van der Waals surface area contributed by atoms with E-state index in [0.29, 0.717) is 0 Å². The third-order valence-corrected chi connectivity index (χ3v) is 10.1. The van der Waals surface area contributed by atoms with E-state index in [1.807, 2.05) is 6.07 Å². The number of para-hydroxylation sites is 3. The third-order valence-electron chi connectivity index (χ3n) is 9.91. The molecule has 1 fully saturated rings. The molecular weight excluding hydrogens is 626 g/mol. The first-order valence-corrected chi connectivity index (χ1v) is 18.4. The van der Waals surface area contributed by atoms with Crippen LogP contribution in [0.5, 0.6) is 0 Å². The molecule has 7 heteroatoms. The average molecular weight is 678 g/mol. The van der Waals surface area contributed by atoms with Gasteiger partial charge in [-0.2, -0.15) is 0 Å². The number of benzene rings is 4. The quantitative estimate of drug-likeness (QED) is 0.184. The summed E-state index contributed by atoms with van der Waals surface area (Å²) in [6, 6.07) is 32.4. The second-order valence-electron chi connectivity index (χ2n) is 13.6. The lowest BCUT2D eigenvalue weighted by Gasteiger charge is -2.35. The Hall–Kier alpha value is -3.65. The van der Waals surface area contributed by atoms with E-state index in [9.17, 15) is 0 Å². The molecule has 0 spiro atoms. The van der Waals surface area contributed by atoms with Crippen LogP contribution in [0.1, 0.15) is 35.1 Å². The summed E-state index contributed by atoms with van der Waals surface area (Å²) in [4.78, 5) is 12.1. The molecule has 3 heterocycles. The normalized spacial score (nSPS) is 15.8. The van der Waals surface area contributed by atoms with Crippen molar-refractivity contribution in [2.45, 2.75) is 25.7 Å². The number of rotatable bonds is 10. The predicted octanol–water partition coefficient (Wildman–Crippen LogP) is 7.84. The van der Waals surface area contributed by atoms with Crippen molar-refractivity contribution in [2.24, 2.45) is 0 Å². The van der Waals surface area contributed by atoms with E-state index in [2.05, 4.69) is 136 Å². The topological polar surface area (TPSA) is 36.4 Å². The lowest BCUT2D eigenvalue weighted by Crippen LogP contribution is -2.47. The summed E-state index contributed by atoms with van der Waals surface area (Å²) < 4.78 is 0. The molecule has 3 aliphatic rings. The van der Waals surface area contributed by atoms with Gasteiger partial charge in [-0.05, 0) is 105 Å². The Morgan fingerprint density at radius 3 is 1.76 bits per heavy atom. The lowest BCUT2D eigenvalue weighted by molar-refractivity contribution is 0.112. The number of aryl methyl sites for hydroxylation is 2. The fourth-order valence-electron chi connectivity index (χ4n) is 7.30. The maximum absolute atomic E-state index is 9.09. The highest BCUT2D eigenvalue weighted by Gasteiger charge is 2.21. The largest absolute Gasteiger partial charge is 0.395 e. The number of nitrogens with zero attached hydrogens (tertiary/aromatic N) is 5. The van der Waals surface area contributed by atoms with Crippen molar-refractivity contribution in [1.82, 2.24) is 14.7 Å². The number of hydrogen-bond donors (Lipinski definition) is 1. The molecule has 49 heavy (non-hydrogen) atoms. The van der Waals surface area contributed by atoms with Crippen LogP contribution in [0.25, 0.3) is 12.2 Å². The van der Waals surface area contributed by atoms with Gasteiger partial charge < -0.3 is 24.7 Å². The fourth-order valence-corrected chi connectivity index (χ4v) is 7.47. The number of fused-ring (bicyclic) bond motifs is 4. The van der Waals surface area contributed by atoms with E-state index in [4.69, 9.17) is 16.7 Å². The van der Waals surface area contributed by atoms with Gasteiger partial charge >= 0.3 is 0 Å². The minimum Gasteiger partial charge on any atom is -0.395 e. The number of halogens is 1. The van der Waals surface area contributed by atoms with Crippen LogP contribution in [0.2, 0.25) is 5.02 Å². The van der Waals surface area contributed by atoms with Crippen LogP contribution < -0.4 is 9.80 Å². The zero-order valence-electron chi connectivity index (χ0n) is 29.3. The first kappa shape index (κ1) is 35.2. The van der Waals surface area contributed by atoms with Crippen LogP contribution in [-0.4, -0.2) is 99.4 Å². The Morgan fingerprint density at radius 1 is 0.592 bits per heavy atom. The molecule has 258 valence electrons. The van der Waals surface area contributed by atoms with Crippen molar-refractivity contribution < 1.29 is 5.11 Å². The molecule has 0 radical (unpaired) electrons. The van der Waals surface area contributed by atoms with Crippen LogP contribution in [0.4, 0.5) is 22.7 Å². The van der Waals surface area contributed by atoms with E-state index >= 15 is 0 Å². The highest BCUT2D eigenvalue weighted by atomic mass is 35.5. The van der Waals surface area contributed by atoms with Gasteiger partial charge in [-0.15, -0.1) is 0 Å². The minimum absolute atomic E-state index is 0.266. The van der Waals surface area contributed by atoms with Crippen molar-refractivity contribution in [3.05, 3.63) is 118 Å². The highest BCUT2D eigenvalue weighted by molar-refractivity contribution is 6.30. The van der Waals surface area contributed by atoms with Crippen molar-refractivity contribution in [3.63, 3.8) is 0 Å². The van der Waals surface area contributed by atoms with Crippen LogP contribution in [0.3, 0.4) is 0 Å². The van der Waals surface area contributed by atoms with Crippen molar-refractivity contribution in [1.29, 1.82) is 0 Å². The maximum Gasteiger partial charge on any atom is 0.0558 e. The van der Waals surface area contributed by atoms with Gasteiger partial charge in [0.25, 0.3) is 0 Å². The second kappa shape index (κ2) is 17.3. The molecule has 0 amide bonds. The summed E-state index contributed by atoms with van der Waals surface area (Å²) in [7, 11) is 4.25. The molecule has 0 saturated carbocycles. The zero-order valence-corrected chi connectivity index (χ0v) is 30.0. The number of piperazine rings is 1. The number of hydrogen-bond acceptors (Lipinski definition) is 6. The molecule has 0 bridgehead atoms. The molecule has 1 N–H and O–H groups in total. The molecule has 6 nitrogen and oxygen atoms in total. The molecule has 7 rings (SSSR count). The SMILES string of the molecule is CN(C)CCCN1c2ccccc2CCc2ccc(Cl)cc21.OCCN1CCN(CCCN2c3ccccc3C=Cc3ccccc32)CC1. The molecule has 0 unspecified atom stereocenters. The van der Waals surface area contributed by atoms with E-state index in [-0.39, 0.29) is 6.61 Å². The number of anilines is 4. The van der Waals surface area contributed by atoms with E-state index in [1.54, 1.807) is 0 Å². The maximum atomic E-state index is 9.09. The van der Waals surface area contributed by atoms with E-state index in [0.717, 1.165) is 89.6 Å². The molecule has 0 aromatic heterocycles. The standard InChI is InChI=1S/C23H29N3O.C19H23ClN2/c27-19-18-25-16-14-24(15-17-25)12-5-13-26-22-8-3-1-6-20(22)10-11-21-7-2-4-9-23(21)26;1-21(2)12-5-13-22-18-7-4-3-6-15(18)8-9-16-10-11-17(20)14-19(16)22/h1-4,6-11,27H,5,12-19H2;3-4,6-7,10-11,14H,5,8-9,12-13H2,1-2H3. The Labute approximate surface area is 298 Å². The van der Waals surface area contributed by atoms with Crippen molar-refractivity contribution >= 4 is 46.5 Å². The molecule has 1 saturated heterocycles. The fraction of sp³-hybridized carbons (Fsp3) is 0.381. The second-order valence-corrected chi connectivity index (χ2v) is 14.0. The summed E-state index contributed by atoms with van der Waals surface area (Å²) in [6.45, 7) is 9.68. The third kappa shape index (κ3) is 9.13. The van der Waals surface area contributed by atoms with Crippen LogP contribution >= 0.6 is 11.6 Å². The van der Waals surface area contributed by atoms with Crippen molar-refractivity contribution in [2.75, 3.05) is 89.4 Å². The van der Waals surface area contributed by atoms with Gasteiger partial charge in [-0.1, -0.05) is 84.4 Å². The first-order valence-electron chi connectivity index (χ1n) is 18.0. The van der Waals surface area contributed by atoms with Gasteiger partial charge in [0.05, 0.1) is 6.61 Å². The Morgan fingerprint density at radius 2 is 1.12 bits per heavy atom. The van der Waals surface area contributed by atoms with Gasteiger partial charge in [0.15, 0.2) is 0 Å². The smallest absolute Gasteiger partial charge is 0.0558 e. The van der Waals surface area contributed by atoms with Gasteiger partial charge in [0, 0.05) is 73.6 Å². The molecule has 0 aliphatic carbocycles. The van der Waals surface area contributed by atoms with Gasteiger partial charge in [-0.25, -0.2) is 0 Å². The number of β-amino-alcohol motifs (C(OH)–C–C–N with tert-alkyl or cyclic N) is 1. The highest BCUT2D eigenvalue weighted by Crippen LogP contribution is 2.38. The Kier molecular flexibility index (Phi) is 12.4. The average Bonchev–Trinajstić information content (AvgIpc) is 3.37. The van der Waals surface area contributed by atoms with Gasteiger partial charge in [0.2, 0.25) is 0 Å². The van der Waals surface area contributed by atoms with E-state index in [1.165, 1.54) is 45.0 Å². The minimum atomic E-state index is 0.266. The van der Waals surface area contributed by atoms with Crippen molar-refractivity contribution in [3.8, 4) is 0 Å². The summed E-state index contributed by atoms with van der Waals surface area (Å²) >= 11 is 6.27. The lowest BCUT2D eigenvalue weighted by atomic mass is 10.0. The number of aliphatic hydroxyl groups is 1. The predicted molar refractivity (Wildman–Crippen MR) is 209 cm³/mol. The van der Waals surface area contributed by atoms with Gasteiger partial charge in [0.1, 0.15) is 0 Å². The van der Waals surface area contributed by atoms with Crippen LogP contribution in [0, 0.1) is 0 Å². The Bertz CT molecular complexity index is 1630. The zero-order chi connectivity index (χ0) is 34.0.